The SMILES string of the molecule is N#CC=CNC1CCCCC1. The molecule has 0 unspecified atom stereocenters. The summed E-state index contributed by atoms with van der Waals surface area (Å²) in [4.78, 5) is 0. The predicted octanol–water partition coefficient (Wildman–Crippen LogP) is 1.95. The van der Waals surface area contributed by atoms with Crippen LogP contribution in [0.3, 0.4) is 0 Å². The van der Waals surface area contributed by atoms with E-state index in [2.05, 4.69) is 5.32 Å². The second-order valence-electron chi connectivity index (χ2n) is 2.96. The maximum atomic E-state index is 8.22. The zero-order valence-electron chi connectivity index (χ0n) is 6.71. The molecular formula is C9H14N2. The Hall–Kier alpha value is -0.970. The van der Waals surface area contributed by atoms with Gasteiger partial charge in [-0.05, 0) is 12.8 Å². The molecule has 0 atom stereocenters. The topological polar surface area (TPSA) is 35.8 Å². The zero-order chi connectivity index (χ0) is 7.94. The highest BCUT2D eigenvalue weighted by molar-refractivity contribution is 5.01. The summed E-state index contributed by atoms with van der Waals surface area (Å²) in [7, 11) is 0. The highest BCUT2D eigenvalue weighted by Gasteiger charge is 2.10. The van der Waals surface area contributed by atoms with E-state index in [1.54, 1.807) is 6.20 Å². The molecule has 0 bridgehead atoms. The fourth-order valence-electron chi connectivity index (χ4n) is 1.49. The first-order valence-corrected chi connectivity index (χ1v) is 4.24. The summed E-state index contributed by atoms with van der Waals surface area (Å²) in [5, 5.41) is 11.4. The first-order chi connectivity index (χ1) is 5.43. The maximum absolute atomic E-state index is 8.22. The normalized spacial score (nSPS) is 19.9. The standard InChI is InChI=1S/C9H14N2/c10-7-4-8-11-9-5-2-1-3-6-9/h4,8-9,11H,1-3,5-6H2. The molecule has 1 saturated carbocycles. The quantitative estimate of drug-likeness (QED) is 0.611. The maximum Gasteiger partial charge on any atom is 0.0927 e. The third kappa shape index (κ3) is 3.08. The van der Waals surface area contributed by atoms with Crippen molar-refractivity contribution in [1.82, 2.24) is 5.32 Å². The molecule has 1 aliphatic carbocycles. The lowest BCUT2D eigenvalue weighted by Crippen LogP contribution is -2.26. The highest BCUT2D eigenvalue weighted by Crippen LogP contribution is 2.16. The molecule has 1 fully saturated rings. The summed E-state index contributed by atoms with van der Waals surface area (Å²) in [5.74, 6) is 0. The molecule has 60 valence electrons. The molecule has 0 spiro atoms. The van der Waals surface area contributed by atoms with Crippen LogP contribution < -0.4 is 5.32 Å². The van der Waals surface area contributed by atoms with Gasteiger partial charge in [0.05, 0.1) is 6.07 Å². The minimum absolute atomic E-state index is 0.619. The second-order valence-corrected chi connectivity index (χ2v) is 2.96. The van der Waals surface area contributed by atoms with Gasteiger partial charge in [-0.2, -0.15) is 5.26 Å². The van der Waals surface area contributed by atoms with Crippen LogP contribution in [-0.2, 0) is 0 Å². The van der Waals surface area contributed by atoms with E-state index in [1.165, 1.54) is 38.2 Å². The lowest BCUT2D eigenvalue weighted by atomic mass is 9.96. The van der Waals surface area contributed by atoms with Crippen molar-refractivity contribution >= 4 is 0 Å². The minimum Gasteiger partial charge on any atom is -0.388 e. The molecule has 11 heavy (non-hydrogen) atoms. The van der Waals surface area contributed by atoms with Crippen molar-refractivity contribution in [3.8, 4) is 6.07 Å². The van der Waals surface area contributed by atoms with E-state index in [1.807, 2.05) is 6.07 Å². The van der Waals surface area contributed by atoms with E-state index >= 15 is 0 Å². The van der Waals surface area contributed by atoms with Gasteiger partial charge in [0.2, 0.25) is 0 Å². The van der Waals surface area contributed by atoms with Crippen LogP contribution in [0.5, 0.6) is 0 Å². The number of rotatable bonds is 2. The number of allylic oxidation sites excluding steroid dienone is 1. The van der Waals surface area contributed by atoms with Crippen LogP contribution in [-0.4, -0.2) is 6.04 Å². The lowest BCUT2D eigenvalue weighted by molar-refractivity contribution is 0.404. The Morgan fingerprint density at radius 1 is 1.27 bits per heavy atom. The molecule has 0 saturated heterocycles. The number of hydrogen-bond donors (Lipinski definition) is 1. The van der Waals surface area contributed by atoms with Crippen LogP contribution in [0.15, 0.2) is 12.3 Å². The minimum atomic E-state index is 0.619. The summed E-state index contributed by atoms with van der Waals surface area (Å²) in [6, 6.07) is 2.58. The van der Waals surface area contributed by atoms with Gasteiger partial charge in [0.25, 0.3) is 0 Å². The van der Waals surface area contributed by atoms with Crippen LogP contribution in [0.4, 0.5) is 0 Å². The Morgan fingerprint density at radius 3 is 2.64 bits per heavy atom. The molecule has 0 aromatic rings. The smallest absolute Gasteiger partial charge is 0.0927 e. The molecule has 1 N–H and O–H groups in total. The molecular weight excluding hydrogens is 136 g/mol. The Labute approximate surface area is 67.9 Å². The van der Waals surface area contributed by atoms with Crippen molar-refractivity contribution in [2.45, 2.75) is 38.1 Å². The number of nitrogens with zero attached hydrogens (tertiary/aromatic N) is 1. The van der Waals surface area contributed by atoms with Gasteiger partial charge in [0.15, 0.2) is 0 Å². The molecule has 0 aromatic heterocycles. The van der Waals surface area contributed by atoms with Crippen LogP contribution in [0.2, 0.25) is 0 Å². The zero-order valence-corrected chi connectivity index (χ0v) is 6.71. The van der Waals surface area contributed by atoms with Gasteiger partial charge < -0.3 is 5.32 Å². The van der Waals surface area contributed by atoms with Crippen molar-refractivity contribution in [1.29, 1.82) is 5.26 Å². The van der Waals surface area contributed by atoms with Gasteiger partial charge >= 0.3 is 0 Å². The fourth-order valence-corrected chi connectivity index (χ4v) is 1.49. The van der Waals surface area contributed by atoms with Crippen molar-refractivity contribution in [2.24, 2.45) is 0 Å². The van der Waals surface area contributed by atoms with Crippen molar-refractivity contribution in [2.75, 3.05) is 0 Å². The van der Waals surface area contributed by atoms with Crippen molar-refractivity contribution in [3.05, 3.63) is 12.3 Å². The van der Waals surface area contributed by atoms with Gasteiger partial charge in [0.1, 0.15) is 0 Å². The summed E-state index contributed by atoms with van der Waals surface area (Å²) >= 11 is 0. The molecule has 0 aromatic carbocycles. The summed E-state index contributed by atoms with van der Waals surface area (Å²) in [5.41, 5.74) is 0. The van der Waals surface area contributed by atoms with Crippen molar-refractivity contribution in [3.63, 3.8) is 0 Å². The van der Waals surface area contributed by atoms with Gasteiger partial charge in [-0.3, -0.25) is 0 Å². The van der Waals surface area contributed by atoms with E-state index in [0.29, 0.717) is 6.04 Å². The average Bonchev–Trinajstić information content (AvgIpc) is 2.07. The van der Waals surface area contributed by atoms with Gasteiger partial charge in [0, 0.05) is 18.3 Å². The molecule has 0 amide bonds. The lowest BCUT2D eigenvalue weighted by Gasteiger charge is -2.21. The van der Waals surface area contributed by atoms with E-state index in [9.17, 15) is 0 Å². The summed E-state index contributed by atoms with van der Waals surface area (Å²) < 4.78 is 0. The molecule has 1 aliphatic rings. The number of nitriles is 1. The first kappa shape index (κ1) is 8.13. The molecule has 2 heteroatoms. The fraction of sp³-hybridized carbons (Fsp3) is 0.667. The average molecular weight is 150 g/mol. The van der Waals surface area contributed by atoms with Crippen LogP contribution >= 0.6 is 0 Å². The van der Waals surface area contributed by atoms with E-state index in [-0.39, 0.29) is 0 Å². The Morgan fingerprint density at radius 2 is 2.00 bits per heavy atom. The summed E-state index contributed by atoms with van der Waals surface area (Å²) in [6.45, 7) is 0. The first-order valence-electron chi connectivity index (χ1n) is 4.24. The highest BCUT2D eigenvalue weighted by atomic mass is 14.9. The van der Waals surface area contributed by atoms with E-state index < -0.39 is 0 Å². The van der Waals surface area contributed by atoms with Gasteiger partial charge in [-0.25, -0.2) is 0 Å². The molecule has 2 nitrogen and oxygen atoms in total. The second kappa shape index (κ2) is 4.79. The predicted molar refractivity (Wildman–Crippen MR) is 44.8 cm³/mol. The number of nitrogens with one attached hydrogen (secondary N) is 1. The molecule has 0 radical (unpaired) electrons. The van der Waals surface area contributed by atoms with E-state index in [0.717, 1.165) is 0 Å². The van der Waals surface area contributed by atoms with Crippen LogP contribution in [0.25, 0.3) is 0 Å². The van der Waals surface area contributed by atoms with Gasteiger partial charge in [-0.1, -0.05) is 19.3 Å². The Balaban J connectivity index is 2.15. The van der Waals surface area contributed by atoms with Gasteiger partial charge in [-0.15, -0.1) is 0 Å². The molecule has 1 rings (SSSR count). The molecule has 0 aliphatic heterocycles. The Bertz CT molecular complexity index is 161. The third-order valence-corrected chi connectivity index (χ3v) is 2.09. The van der Waals surface area contributed by atoms with E-state index in [4.69, 9.17) is 5.26 Å². The Kier molecular flexibility index (Phi) is 3.54. The largest absolute Gasteiger partial charge is 0.388 e. The monoisotopic (exact) mass is 150 g/mol. The molecule has 0 heterocycles. The summed E-state index contributed by atoms with van der Waals surface area (Å²) in [6.07, 6.45) is 9.81. The number of hydrogen-bond acceptors (Lipinski definition) is 2. The van der Waals surface area contributed by atoms with Crippen LogP contribution in [0, 0.1) is 11.3 Å². The third-order valence-electron chi connectivity index (χ3n) is 2.09. The van der Waals surface area contributed by atoms with Crippen LogP contribution in [0.1, 0.15) is 32.1 Å². The van der Waals surface area contributed by atoms with Crippen molar-refractivity contribution < 1.29 is 0 Å².